The smallest absolute Gasteiger partial charge is 0.277 e. The van der Waals surface area contributed by atoms with Crippen LogP contribution in [0, 0.1) is 5.92 Å². The minimum absolute atomic E-state index is 0.218. The lowest BCUT2D eigenvalue weighted by Gasteiger charge is -2.32. The van der Waals surface area contributed by atoms with Gasteiger partial charge >= 0.3 is 6.03 Å². The van der Waals surface area contributed by atoms with Crippen molar-refractivity contribution in [2.75, 3.05) is 0 Å². The number of amides is 4. The van der Waals surface area contributed by atoms with E-state index < -0.39 is 17.9 Å². The van der Waals surface area contributed by atoms with Crippen molar-refractivity contribution in [3.05, 3.63) is 0 Å². The number of hydrogen-bond donors (Lipinski definition) is 1. The topological polar surface area (TPSA) is 66.5 Å². The van der Waals surface area contributed by atoms with Crippen LogP contribution < -0.4 is 5.32 Å². The molecule has 0 saturated carbocycles. The molecule has 0 radical (unpaired) electrons. The summed E-state index contributed by atoms with van der Waals surface area (Å²) in [6.07, 6.45) is 1.23. The molecule has 1 N–H and O–H groups in total. The van der Waals surface area contributed by atoms with Crippen LogP contribution in [0.1, 0.15) is 33.6 Å². The Bertz CT molecular complexity index is 299. The van der Waals surface area contributed by atoms with E-state index in [1.54, 1.807) is 13.8 Å². The molecule has 15 heavy (non-hydrogen) atoms. The third kappa shape index (κ3) is 2.16. The molecule has 1 rings (SSSR count). The van der Waals surface area contributed by atoms with E-state index in [1.165, 1.54) is 0 Å². The Hall–Kier alpha value is -1.39. The lowest BCUT2D eigenvalue weighted by molar-refractivity contribution is -0.143. The number of urea groups is 1. The van der Waals surface area contributed by atoms with E-state index >= 15 is 0 Å². The Morgan fingerprint density at radius 2 is 1.93 bits per heavy atom. The zero-order valence-corrected chi connectivity index (χ0v) is 9.24. The van der Waals surface area contributed by atoms with Gasteiger partial charge in [-0.3, -0.25) is 19.8 Å². The first kappa shape index (κ1) is 11.7. The van der Waals surface area contributed by atoms with E-state index in [4.69, 9.17) is 0 Å². The molecular weight excluding hydrogens is 196 g/mol. The average molecular weight is 212 g/mol. The minimum Gasteiger partial charge on any atom is -0.277 e. The van der Waals surface area contributed by atoms with Gasteiger partial charge in [0.25, 0.3) is 0 Å². The maximum absolute atomic E-state index is 11.8. The molecule has 1 aliphatic heterocycles. The Labute approximate surface area is 88.8 Å². The van der Waals surface area contributed by atoms with Crippen molar-refractivity contribution < 1.29 is 14.4 Å². The third-order valence-electron chi connectivity index (χ3n) is 2.39. The van der Waals surface area contributed by atoms with Crippen molar-refractivity contribution in [1.29, 1.82) is 0 Å². The number of barbiturate groups is 1. The summed E-state index contributed by atoms with van der Waals surface area (Å²) in [5.41, 5.74) is 0. The molecule has 4 amide bonds. The first-order chi connectivity index (χ1) is 6.99. The molecule has 0 aromatic rings. The summed E-state index contributed by atoms with van der Waals surface area (Å²) in [4.78, 5) is 35.7. The summed E-state index contributed by atoms with van der Waals surface area (Å²) in [7, 11) is 0. The van der Waals surface area contributed by atoms with Crippen LogP contribution >= 0.6 is 0 Å². The highest BCUT2D eigenvalue weighted by Gasteiger charge is 2.40. The molecule has 1 heterocycles. The molecule has 1 atom stereocenters. The summed E-state index contributed by atoms with van der Waals surface area (Å²) in [6, 6.07) is -0.822. The van der Waals surface area contributed by atoms with Crippen LogP contribution in [-0.2, 0) is 9.59 Å². The van der Waals surface area contributed by atoms with Gasteiger partial charge in [-0.15, -0.1) is 0 Å². The second kappa shape index (κ2) is 4.42. The number of carbonyl (C=O) groups is 3. The number of hydrogen-bond acceptors (Lipinski definition) is 3. The highest BCUT2D eigenvalue weighted by Crippen LogP contribution is 2.17. The van der Waals surface area contributed by atoms with Gasteiger partial charge in [-0.2, -0.15) is 0 Å². The molecule has 0 bridgehead atoms. The number of nitrogens with one attached hydrogen (secondary N) is 1. The van der Waals surface area contributed by atoms with Crippen LogP contribution in [0.2, 0.25) is 0 Å². The van der Waals surface area contributed by atoms with E-state index in [0.717, 1.165) is 11.3 Å². The fourth-order valence-corrected chi connectivity index (χ4v) is 1.67. The standard InChI is InChI=1S/C10H16N2O3/c1-4-5-7-8(13)11-10(15)12(6(2)3)9(7)14/h6-7H,4-5H2,1-3H3,(H,11,13,15). The molecule has 0 spiro atoms. The number of imide groups is 2. The summed E-state index contributed by atoms with van der Waals surface area (Å²) in [5, 5.41) is 2.20. The SMILES string of the molecule is CCCC1C(=O)NC(=O)N(C(C)C)C1=O. The molecule has 1 unspecified atom stereocenters. The normalized spacial score (nSPS) is 22.3. The van der Waals surface area contributed by atoms with Crippen molar-refractivity contribution in [1.82, 2.24) is 10.2 Å². The van der Waals surface area contributed by atoms with Crippen LogP contribution in [0.25, 0.3) is 0 Å². The van der Waals surface area contributed by atoms with Gasteiger partial charge in [0, 0.05) is 6.04 Å². The Balaban J connectivity index is 2.89. The molecule has 1 fully saturated rings. The third-order valence-corrected chi connectivity index (χ3v) is 2.39. The summed E-state index contributed by atoms with van der Waals surface area (Å²) >= 11 is 0. The predicted octanol–water partition coefficient (Wildman–Crippen LogP) is 0.889. The molecular formula is C10H16N2O3. The Morgan fingerprint density at radius 3 is 2.40 bits per heavy atom. The van der Waals surface area contributed by atoms with Gasteiger partial charge in [0.1, 0.15) is 5.92 Å². The van der Waals surface area contributed by atoms with Crippen LogP contribution in [0.5, 0.6) is 0 Å². The van der Waals surface area contributed by atoms with Gasteiger partial charge in [0.15, 0.2) is 0 Å². The number of nitrogens with zero attached hydrogens (tertiary/aromatic N) is 1. The van der Waals surface area contributed by atoms with Gasteiger partial charge in [-0.25, -0.2) is 4.79 Å². The number of rotatable bonds is 3. The fourth-order valence-electron chi connectivity index (χ4n) is 1.67. The van der Waals surface area contributed by atoms with Gasteiger partial charge in [-0.1, -0.05) is 13.3 Å². The fraction of sp³-hybridized carbons (Fsp3) is 0.700. The van der Waals surface area contributed by atoms with Crippen molar-refractivity contribution in [2.24, 2.45) is 5.92 Å². The number of carbonyl (C=O) groups excluding carboxylic acids is 3. The first-order valence-electron chi connectivity index (χ1n) is 5.17. The van der Waals surface area contributed by atoms with Gasteiger partial charge in [0.2, 0.25) is 11.8 Å². The second-order valence-corrected chi connectivity index (χ2v) is 3.94. The zero-order valence-electron chi connectivity index (χ0n) is 9.24. The van der Waals surface area contributed by atoms with E-state index in [9.17, 15) is 14.4 Å². The highest BCUT2D eigenvalue weighted by atomic mass is 16.2. The predicted molar refractivity (Wildman–Crippen MR) is 53.9 cm³/mol. The highest BCUT2D eigenvalue weighted by molar-refractivity contribution is 6.16. The van der Waals surface area contributed by atoms with Gasteiger partial charge in [-0.05, 0) is 20.3 Å². The Kier molecular flexibility index (Phi) is 3.44. The summed E-state index contributed by atoms with van der Waals surface area (Å²) in [6.45, 7) is 5.39. The minimum atomic E-state index is -0.699. The average Bonchev–Trinajstić information content (AvgIpc) is 2.11. The van der Waals surface area contributed by atoms with Crippen LogP contribution in [-0.4, -0.2) is 28.8 Å². The maximum Gasteiger partial charge on any atom is 0.331 e. The zero-order chi connectivity index (χ0) is 11.6. The van der Waals surface area contributed by atoms with Crippen LogP contribution in [0.4, 0.5) is 4.79 Å². The lowest BCUT2D eigenvalue weighted by Crippen LogP contribution is -2.59. The molecule has 84 valence electrons. The van der Waals surface area contributed by atoms with Crippen molar-refractivity contribution in [3.8, 4) is 0 Å². The van der Waals surface area contributed by atoms with E-state index in [2.05, 4.69) is 5.32 Å². The van der Waals surface area contributed by atoms with E-state index in [1.807, 2.05) is 6.92 Å². The Morgan fingerprint density at radius 1 is 1.33 bits per heavy atom. The molecule has 0 aromatic heterocycles. The second-order valence-electron chi connectivity index (χ2n) is 3.94. The van der Waals surface area contributed by atoms with E-state index in [0.29, 0.717) is 6.42 Å². The molecule has 1 aliphatic rings. The molecule has 0 aromatic carbocycles. The summed E-state index contributed by atoms with van der Waals surface area (Å²) < 4.78 is 0. The van der Waals surface area contributed by atoms with Crippen LogP contribution in [0.3, 0.4) is 0 Å². The molecule has 1 saturated heterocycles. The first-order valence-corrected chi connectivity index (χ1v) is 5.17. The van der Waals surface area contributed by atoms with Crippen molar-refractivity contribution >= 4 is 17.8 Å². The molecule has 5 nitrogen and oxygen atoms in total. The van der Waals surface area contributed by atoms with Gasteiger partial charge < -0.3 is 0 Å². The maximum atomic E-state index is 11.8. The molecule has 0 aliphatic carbocycles. The van der Waals surface area contributed by atoms with Crippen molar-refractivity contribution in [3.63, 3.8) is 0 Å². The molecule has 5 heteroatoms. The van der Waals surface area contributed by atoms with Gasteiger partial charge in [0.05, 0.1) is 0 Å². The van der Waals surface area contributed by atoms with Crippen molar-refractivity contribution in [2.45, 2.75) is 39.7 Å². The summed E-state index contributed by atoms with van der Waals surface area (Å²) in [5.74, 6) is -1.54. The largest absolute Gasteiger partial charge is 0.331 e. The lowest BCUT2D eigenvalue weighted by atomic mass is 9.98. The van der Waals surface area contributed by atoms with Crippen LogP contribution in [0.15, 0.2) is 0 Å². The monoisotopic (exact) mass is 212 g/mol. The van der Waals surface area contributed by atoms with E-state index in [-0.39, 0.29) is 11.9 Å². The quantitative estimate of drug-likeness (QED) is 0.706.